The van der Waals surface area contributed by atoms with Crippen LogP contribution in [0.1, 0.15) is 30.4 Å². The maximum Gasteiger partial charge on any atom is 0.416 e. The van der Waals surface area contributed by atoms with Crippen molar-refractivity contribution in [1.29, 1.82) is 0 Å². The van der Waals surface area contributed by atoms with Gasteiger partial charge in [-0.25, -0.2) is 0 Å². The van der Waals surface area contributed by atoms with Gasteiger partial charge < -0.3 is 14.4 Å². The van der Waals surface area contributed by atoms with Crippen LogP contribution in [0.5, 0.6) is 0 Å². The van der Waals surface area contributed by atoms with Crippen molar-refractivity contribution in [3.05, 3.63) is 35.4 Å². The largest absolute Gasteiger partial charge is 0.416 e. The minimum Gasteiger partial charge on any atom is -0.343 e. The van der Waals surface area contributed by atoms with Crippen LogP contribution in [0.25, 0.3) is 0 Å². The molecule has 1 aromatic carbocycles. The second-order valence-electron chi connectivity index (χ2n) is 5.79. The van der Waals surface area contributed by atoms with E-state index in [0.29, 0.717) is 25.2 Å². The highest BCUT2D eigenvalue weighted by Crippen LogP contribution is 2.39. The average molecular weight is 317 g/mol. The lowest BCUT2D eigenvalue weighted by atomic mass is 9.97. The Morgan fingerprint density at radius 1 is 1.14 bits per heavy atom. The fourth-order valence-corrected chi connectivity index (χ4v) is 2.63. The van der Waals surface area contributed by atoms with E-state index in [1.807, 2.05) is 14.1 Å². The zero-order chi connectivity index (χ0) is 16.2. The number of unbranched alkanes of at least 4 members (excludes halogenated alkanes) is 1. The third-order valence-corrected chi connectivity index (χ3v) is 3.74. The molecule has 0 unspecified atom stereocenters. The van der Waals surface area contributed by atoms with Crippen molar-refractivity contribution < 1.29 is 22.6 Å². The predicted molar refractivity (Wildman–Crippen MR) is 77.4 cm³/mol. The molecule has 1 aliphatic heterocycles. The maximum atomic E-state index is 12.9. The molecule has 0 N–H and O–H groups in total. The normalized spacial score (nSPS) is 18.1. The average Bonchev–Trinajstić information content (AvgIpc) is 2.93. The first-order valence-corrected chi connectivity index (χ1v) is 7.44. The molecule has 1 heterocycles. The summed E-state index contributed by atoms with van der Waals surface area (Å²) in [6.07, 6.45) is -2.03. The van der Waals surface area contributed by atoms with Gasteiger partial charge in [0.05, 0.1) is 18.8 Å². The zero-order valence-corrected chi connectivity index (χ0v) is 12.9. The van der Waals surface area contributed by atoms with Crippen LogP contribution in [0.3, 0.4) is 0 Å². The molecule has 6 heteroatoms. The molecule has 1 saturated heterocycles. The predicted octanol–water partition coefficient (Wildman–Crippen LogP) is 3.64. The Morgan fingerprint density at radius 3 is 2.41 bits per heavy atom. The monoisotopic (exact) mass is 317 g/mol. The lowest BCUT2D eigenvalue weighted by Gasteiger charge is -2.28. The van der Waals surface area contributed by atoms with Crippen molar-refractivity contribution in [2.45, 2.75) is 31.2 Å². The number of hydrogen-bond donors (Lipinski definition) is 0. The van der Waals surface area contributed by atoms with E-state index >= 15 is 0 Å². The van der Waals surface area contributed by atoms with Crippen LogP contribution >= 0.6 is 0 Å². The third-order valence-electron chi connectivity index (χ3n) is 3.74. The SMILES string of the molecule is CN(C)CCCCC1(c2cccc(C(F)(F)F)c2)OCCO1. The Kier molecular flexibility index (Phi) is 5.47. The summed E-state index contributed by atoms with van der Waals surface area (Å²) in [6, 6.07) is 5.26. The molecule has 0 atom stereocenters. The van der Waals surface area contributed by atoms with Crippen molar-refractivity contribution in [2.24, 2.45) is 0 Å². The topological polar surface area (TPSA) is 21.7 Å². The van der Waals surface area contributed by atoms with E-state index in [1.54, 1.807) is 6.07 Å². The Balaban J connectivity index is 2.13. The molecule has 0 aromatic heterocycles. The van der Waals surface area contributed by atoms with Crippen LogP contribution in [-0.2, 0) is 21.4 Å². The first kappa shape index (κ1) is 17.2. The van der Waals surface area contributed by atoms with Gasteiger partial charge in [0, 0.05) is 12.0 Å². The van der Waals surface area contributed by atoms with Gasteiger partial charge in [-0.3, -0.25) is 0 Å². The maximum absolute atomic E-state index is 12.9. The van der Waals surface area contributed by atoms with Crippen LogP contribution in [0.2, 0.25) is 0 Å². The smallest absolute Gasteiger partial charge is 0.343 e. The van der Waals surface area contributed by atoms with Gasteiger partial charge in [-0.2, -0.15) is 13.2 Å². The molecule has 124 valence electrons. The van der Waals surface area contributed by atoms with E-state index in [2.05, 4.69) is 4.90 Å². The van der Waals surface area contributed by atoms with E-state index in [1.165, 1.54) is 6.07 Å². The van der Waals surface area contributed by atoms with Crippen LogP contribution < -0.4 is 0 Å². The fourth-order valence-electron chi connectivity index (χ4n) is 2.63. The van der Waals surface area contributed by atoms with E-state index in [0.717, 1.165) is 31.5 Å². The Labute approximate surface area is 129 Å². The second-order valence-corrected chi connectivity index (χ2v) is 5.79. The number of nitrogens with zero attached hydrogens (tertiary/aromatic N) is 1. The molecule has 1 fully saturated rings. The standard InChI is InChI=1S/C16H22F3NO2/c1-20(2)9-4-3-8-15(21-10-11-22-15)13-6-5-7-14(12-13)16(17,18)19/h5-7,12H,3-4,8-11H2,1-2H3. The molecule has 1 aliphatic rings. The number of rotatable bonds is 6. The summed E-state index contributed by atoms with van der Waals surface area (Å²) in [5.74, 6) is -1.03. The molecule has 0 spiro atoms. The Bertz CT molecular complexity index is 483. The van der Waals surface area contributed by atoms with Gasteiger partial charge in [-0.15, -0.1) is 0 Å². The molecule has 0 radical (unpaired) electrons. The summed E-state index contributed by atoms with van der Waals surface area (Å²) in [5.41, 5.74) is -0.221. The van der Waals surface area contributed by atoms with Crippen LogP contribution in [0.15, 0.2) is 24.3 Å². The molecule has 0 saturated carbocycles. The van der Waals surface area contributed by atoms with Gasteiger partial charge in [0.15, 0.2) is 5.79 Å². The molecule has 0 amide bonds. The minimum atomic E-state index is -4.36. The molecular weight excluding hydrogens is 295 g/mol. The molecule has 22 heavy (non-hydrogen) atoms. The fraction of sp³-hybridized carbons (Fsp3) is 0.625. The lowest BCUT2D eigenvalue weighted by Crippen LogP contribution is -2.28. The highest BCUT2D eigenvalue weighted by Gasteiger charge is 2.40. The van der Waals surface area contributed by atoms with Crippen LogP contribution in [0.4, 0.5) is 13.2 Å². The van der Waals surface area contributed by atoms with E-state index in [-0.39, 0.29) is 0 Å². The third kappa shape index (κ3) is 4.21. The number of alkyl halides is 3. The molecule has 1 aromatic rings. The Morgan fingerprint density at radius 2 is 1.82 bits per heavy atom. The van der Waals surface area contributed by atoms with Crippen molar-refractivity contribution in [1.82, 2.24) is 4.90 Å². The lowest BCUT2D eigenvalue weighted by molar-refractivity contribution is -0.172. The first-order chi connectivity index (χ1) is 10.3. The summed E-state index contributed by atoms with van der Waals surface area (Å²) in [7, 11) is 3.98. The van der Waals surface area contributed by atoms with Gasteiger partial charge in [-0.1, -0.05) is 12.1 Å². The number of hydrogen-bond acceptors (Lipinski definition) is 3. The van der Waals surface area contributed by atoms with Crippen molar-refractivity contribution in [2.75, 3.05) is 33.9 Å². The van der Waals surface area contributed by atoms with Crippen molar-refractivity contribution in [3.63, 3.8) is 0 Å². The molecule has 3 nitrogen and oxygen atoms in total. The van der Waals surface area contributed by atoms with E-state index in [9.17, 15) is 13.2 Å². The number of ether oxygens (including phenoxy) is 2. The highest BCUT2D eigenvalue weighted by atomic mass is 19.4. The van der Waals surface area contributed by atoms with E-state index in [4.69, 9.17) is 9.47 Å². The van der Waals surface area contributed by atoms with Gasteiger partial charge in [-0.05, 0) is 45.6 Å². The number of halogens is 3. The van der Waals surface area contributed by atoms with E-state index < -0.39 is 17.5 Å². The van der Waals surface area contributed by atoms with Gasteiger partial charge in [0.2, 0.25) is 0 Å². The van der Waals surface area contributed by atoms with Crippen LogP contribution in [-0.4, -0.2) is 38.8 Å². The summed E-state index contributed by atoms with van der Waals surface area (Å²) in [5, 5.41) is 0. The summed E-state index contributed by atoms with van der Waals surface area (Å²) in [6.45, 7) is 1.74. The summed E-state index contributed by atoms with van der Waals surface area (Å²) >= 11 is 0. The zero-order valence-electron chi connectivity index (χ0n) is 12.9. The summed E-state index contributed by atoms with van der Waals surface area (Å²) in [4.78, 5) is 2.08. The van der Waals surface area contributed by atoms with Gasteiger partial charge >= 0.3 is 6.18 Å². The highest BCUT2D eigenvalue weighted by molar-refractivity contribution is 5.29. The first-order valence-electron chi connectivity index (χ1n) is 7.44. The van der Waals surface area contributed by atoms with Crippen molar-refractivity contribution in [3.8, 4) is 0 Å². The van der Waals surface area contributed by atoms with Gasteiger partial charge in [0.25, 0.3) is 0 Å². The molecule has 0 bridgehead atoms. The molecular formula is C16H22F3NO2. The Hall–Kier alpha value is -1.11. The van der Waals surface area contributed by atoms with Crippen molar-refractivity contribution >= 4 is 0 Å². The molecule has 2 rings (SSSR count). The summed E-state index contributed by atoms with van der Waals surface area (Å²) < 4.78 is 50.1. The minimum absolute atomic E-state index is 0.407. The molecule has 0 aliphatic carbocycles. The van der Waals surface area contributed by atoms with Crippen LogP contribution in [0, 0.1) is 0 Å². The number of benzene rings is 1. The quantitative estimate of drug-likeness (QED) is 0.748. The second kappa shape index (κ2) is 6.98. The van der Waals surface area contributed by atoms with Gasteiger partial charge in [0.1, 0.15) is 0 Å².